The van der Waals surface area contributed by atoms with Gasteiger partial charge in [-0.2, -0.15) is 0 Å². The molecule has 0 aliphatic carbocycles. The van der Waals surface area contributed by atoms with Crippen LogP contribution in [0.2, 0.25) is 5.02 Å². The van der Waals surface area contributed by atoms with Gasteiger partial charge in [-0.15, -0.1) is 11.3 Å². The summed E-state index contributed by atoms with van der Waals surface area (Å²) in [5.41, 5.74) is 0.516. The van der Waals surface area contributed by atoms with Crippen LogP contribution in [-0.4, -0.2) is 28.9 Å². The molecule has 0 atom stereocenters. The fraction of sp³-hybridized carbons (Fsp3) is 0.412. The van der Waals surface area contributed by atoms with Gasteiger partial charge in [-0.3, -0.25) is 4.79 Å². The van der Waals surface area contributed by atoms with Crippen molar-refractivity contribution in [1.82, 2.24) is 9.88 Å². The number of rotatable bonds is 4. The SMILES string of the molecule is CC1CCN(C(=O)c2csc(COc3ccccc3Cl)n2)CC1. The third-order valence-electron chi connectivity index (χ3n) is 4.03. The number of piperidine rings is 1. The number of aromatic nitrogens is 1. The molecule has 0 N–H and O–H groups in total. The molecule has 122 valence electrons. The Hall–Kier alpha value is -1.59. The maximum absolute atomic E-state index is 12.5. The molecule has 6 heteroatoms. The maximum Gasteiger partial charge on any atom is 0.273 e. The molecule has 1 aliphatic rings. The third-order valence-corrected chi connectivity index (χ3v) is 5.16. The van der Waals surface area contributed by atoms with Crippen LogP contribution in [0.4, 0.5) is 0 Å². The fourth-order valence-electron chi connectivity index (χ4n) is 2.55. The first kappa shape index (κ1) is 16.3. The van der Waals surface area contributed by atoms with Gasteiger partial charge in [0.2, 0.25) is 0 Å². The normalized spacial score (nSPS) is 15.7. The van der Waals surface area contributed by atoms with Crippen LogP contribution in [0, 0.1) is 5.92 Å². The number of benzene rings is 1. The summed E-state index contributed by atoms with van der Waals surface area (Å²) < 4.78 is 5.67. The van der Waals surface area contributed by atoms with Crippen molar-refractivity contribution in [2.45, 2.75) is 26.4 Å². The zero-order chi connectivity index (χ0) is 16.2. The zero-order valence-electron chi connectivity index (χ0n) is 13.0. The van der Waals surface area contributed by atoms with Crippen LogP contribution >= 0.6 is 22.9 Å². The first-order chi connectivity index (χ1) is 11.1. The van der Waals surface area contributed by atoms with Crippen molar-refractivity contribution in [1.29, 1.82) is 0 Å². The molecule has 1 aromatic heterocycles. The third kappa shape index (κ3) is 4.03. The lowest BCUT2D eigenvalue weighted by atomic mass is 9.99. The summed E-state index contributed by atoms with van der Waals surface area (Å²) in [5.74, 6) is 1.36. The molecule has 1 aliphatic heterocycles. The first-order valence-electron chi connectivity index (χ1n) is 7.74. The fourth-order valence-corrected chi connectivity index (χ4v) is 3.42. The Kier molecular flexibility index (Phi) is 5.18. The molecule has 2 aromatic rings. The van der Waals surface area contributed by atoms with E-state index in [1.54, 1.807) is 6.07 Å². The van der Waals surface area contributed by atoms with Crippen LogP contribution in [0.25, 0.3) is 0 Å². The van der Waals surface area contributed by atoms with Crippen LogP contribution < -0.4 is 4.74 Å². The number of thiazole rings is 1. The molecule has 0 spiro atoms. The van der Waals surface area contributed by atoms with Crippen LogP contribution in [0.3, 0.4) is 0 Å². The van der Waals surface area contributed by atoms with E-state index in [1.807, 2.05) is 28.5 Å². The van der Waals surface area contributed by atoms with Crippen molar-refractivity contribution in [3.8, 4) is 5.75 Å². The number of para-hydroxylation sites is 1. The highest BCUT2D eigenvalue weighted by atomic mass is 35.5. The standard InChI is InChI=1S/C17H19ClN2O2S/c1-12-6-8-20(9-7-12)17(21)14-11-23-16(19-14)10-22-15-5-3-2-4-13(15)18/h2-5,11-12H,6-10H2,1H3. The second kappa shape index (κ2) is 7.32. The van der Waals surface area contributed by atoms with Gasteiger partial charge in [0.15, 0.2) is 0 Å². The Morgan fingerprint density at radius 1 is 1.39 bits per heavy atom. The van der Waals surface area contributed by atoms with Gasteiger partial charge in [0, 0.05) is 18.5 Å². The van der Waals surface area contributed by atoms with Crippen molar-refractivity contribution in [3.63, 3.8) is 0 Å². The van der Waals surface area contributed by atoms with Crippen LogP contribution in [0.5, 0.6) is 5.75 Å². The Balaban J connectivity index is 1.59. The predicted octanol–water partition coefficient (Wildman–Crippen LogP) is 4.25. The molecule has 1 amide bonds. The molecule has 1 fully saturated rings. The molecule has 2 heterocycles. The smallest absolute Gasteiger partial charge is 0.273 e. The van der Waals surface area contributed by atoms with Gasteiger partial charge >= 0.3 is 0 Å². The van der Waals surface area contributed by atoms with Gasteiger partial charge in [0.25, 0.3) is 5.91 Å². The molecular formula is C17H19ClN2O2S. The van der Waals surface area contributed by atoms with Crippen LogP contribution in [0.1, 0.15) is 35.3 Å². The molecular weight excluding hydrogens is 332 g/mol. The van der Waals surface area contributed by atoms with Crippen LogP contribution in [-0.2, 0) is 6.61 Å². The highest BCUT2D eigenvalue weighted by Gasteiger charge is 2.23. The number of nitrogens with zero attached hydrogens (tertiary/aromatic N) is 2. The summed E-state index contributed by atoms with van der Waals surface area (Å²) in [6.07, 6.45) is 2.14. The number of halogens is 1. The minimum atomic E-state index is 0.0251. The lowest BCUT2D eigenvalue weighted by Crippen LogP contribution is -2.38. The summed E-state index contributed by atoms with van der Waals surface area (Å²) in [7, 11) is 0. The van der Waals surface area contributed by atoms with Crippen molar-refractivity contribution >= 4 is 28.8 Å². The highest BCUT2D eigenvalue weighted by Crippen LogP contribution is 2.25. The average Bonchev–Trinajstić information content (AvgIpc) is 3.03. The van der Waals surface area contributed by atoms with E-state index in [9.17, 15) is 4.79 Å². The first-order valence-corrected chi connectivity index (χ1v) is 9.00. The highest BCUT2D eigenvalue weighted by molar-refractivity contribution is 7.09. The minimum absolute atomic E-state index is 0.0251. The molecule has 0 radical (unpaired) electrons. The second-order valence-electron chi connectivity index (χ2n) is 5.82. The monoisotopic (exact) mass is 350 g/mol. The van der Waals surface area contributed by atoms with Gasteiger partial charge in [-0.25, -0.2) is 4.98 Å². The van der Waals surface area contributed by atoms with E-state index in [2.05, 4.69) is 11.9 Å². The lowest BCUT2D eigenvalue weighted by molar-refractivity contribution is 0.0691. The second-order valence-corrected chi connectivity index (χ2v) is 7.17. The minimum Gasteiger partial charge on any atom is -0.485 e. The molecule has 1 saturated heterocycles. The van der Waals surface area contributed by atoms with E-state index < -0.39 is 0 Å². The summed E-state index contributed by atoms with van der Waals surface area (Å²) >= 11 is 7.50. The van der Waals surface area contributed by atoms with Crippen molar-refractivity contribution in [2.24, 2.45) is 5.92 Å². The van der Waals surface area contributed by atoms with E-state index in [1.165, 1.54) is 11.3 Å². The molecule has 0 bridgehead atoms. The number of amides is 1. The number of hydrogen-bond acceptors (Lipinski definition) is 4. The van der Waals surface area contributed by atoms with E-state index in [4.69, 9.17) is 16.3 Å². The molecule has 0 unspecified atom stereocenters. The molecule has 0 saturated carbocycles. The Morgan fingerprint density at radius 3 is 2.87 bits per heavy atom. The van der Waals surface area contributed by atoms with Gasteiger partial charge in [0.1, 0.15) is 23.1 Å². The molecule has 1 aromatic carbocycles. The zero-order valence-corrected chi connectivity index (χ0v) is 14.6. The topological polar surface area (TPSA) is 42.4 Å². The number of ether oxygens (including phenoxy) is 1. The number of carbonyl (C=O) groups excluding carboxylic acids is 1. The summed E-state index contributed by atoms with van der Waals surface area (Å²) in [6.45, 7) is 4.19. The summed E-state index contributed by atoms with van der Waals surface area (Å²) in [6, 6.07) is 7.33. The Bertz CT molecular complexity index is 681. The molecule has 4 nitrogen and oxygen atoms in total. The largest absolute Gasteiger partial charge is 0.485 e. The van der Waals surface area contributed by atoms with E-state index in [0.29, 0.717) is 29.0 Å². The quantitative estimate of drug-likeness (QED) is 0.827. The van der Waals surface area contributed by atoms with Crippen molar-refractivity contribution in [3.05, 3.63) is 45.4 Å². The summed E-state index contributed by atoms with van der Waals surface area (Å²) in [5, 5.41) is 3.16. The predicted molar refractivity (Wildman–Crippen MR) is 92.2 cm³/mol. The van der Waals surface area contributed by atoms with Gasteiger partial charge in [-0.05, 0) is 30.9 Å². The van der Waals surface area contributed by atoms with Gasteiger partial charge < -0.3 is 9.64 Å². The van der Waals surface area contributed by atoms with E-state index in [0.717, 1.165) is 30.9 Å². The number of carbonyl (C=O) groups is 1. The van der Waals surface area contributed by atoms with Crippen molar-refractivity contribution < 1.29 is 9.53 Å². The van der Waals surface area contributed by atoms with Gasteiger partial charge in [0.05, 0.1) is 5.02 Å². The molecule has 23 heavy (non-hydrogen) atoms. The van der Waals surface area contributed by atoms with Crippen molar-refractivity contribution in [2.75, 3.05) is 13.1 Å². The van der Waals surface area contributed by atoms with Gasteiger partial charge in [-0.1, -0.05) is 30.7 Å². The maximum atomic E-state index is 12.5. The Labute approximate surface area is 145 Å². The Morgan fingerprint density at radius 2 is 2.13 bits per heavy atom. The number of hydrogen-bond donors (Lipinski definition) is 0. The summed E-state index contributed by atoms with van der Waals surface area (Å²) in [4.78, 5) is 18.8. The molecule has 3 rings (SSSR count). The van der Waals surface area contributed by atoms with E-state index in [-0.39, 0.29) is 5.91 Å². The lowest BCUT2D eigenvalue weighted by Gasteiger charge is -2.29. The van der Waals surface area contributed by atoms with Crippen LogP contribution in [0.15, 0.2) is 29.6 Å². The van der Waals surface area contributed by atoms with E-state index >= 15 is 0 Å². The number of likely N-dealkylation sites (tertiary alicyclic amines) is 1. The average molecular weight is 351 g/mol.